The Labute approximate surface area is 81.9 Å². The molecule has 0 saturated carbocycles. The molecule has 76 valence electrons. The minimum absolute atomic E-state index is 0.221. The van der Waals surface area contributed by atoms with Gasteiger partial charge in [-0.3, -0.25) is 4.79 Å². The van der Waals surface area contributed by atoms with Crippen LogP contribution in [0, 0.1) is 0 Å². The Balaban J connectivity index is 2.31. The first-order chi connectivity index (χ1) is 6.74. The summed E-state index contributed by atoms with van der Waals surface area (Å²) in [6, 6.07) is 1.13. The van der Waals surface area contributed by atoms with E-state index in [1.54, 1.807) is 12.1 Å². The van der Waals surface area contributed by atoms with Gasteiger partial charge < -0.3 is 15.6 Å². The molecule has 0 aliphatic carbocycles. The monoisotopic (exact) mass is 195 g/mol. The SMILES string of the molecule is C=CCC(N)C(=O)NCc1ccno1. The predicted octanol–water partition coefficient (Wildman–Crippen LogP) is 0.194. The number of carbonyl (C=O) groups is 1. The first-order valence-electron chi connectivity index (χ1n) is 4.27. The van der Waals surface area contributed by atoms with E-state index in [0.29, 0.717) is 18.7 Å². The molecule has 1 aromatic rings. The maximum absolute atomic E-state index is 11.3. The second-order valence-corrected chi connectivity index (χ2v) is 2.83. The molecule has 1 unspecified atom stereocenters. The van der Waals surface area contributed by atoms with E-state index < -0.39 is 6.04 Å². The van der Waals surface area contributed by atoms with E-state index in [-0.39, 0.29) is 5.91 Å². The van der Waals surface area contributed by atoms with Crippen molar-refractivity contribution in [1.29, 1.82) is 0 Å². The summed E-state index contributed by atoms with van der Waals surface area (Å²) in [6.07, 6.45) is 3.59. The van der Waals surface area contributed by atoms with Gasteiger partial charge in [0.1, 0.15) is 0 Å². The minimum Gasteiger partial charge on any atom is -0.360 e. The molecule has 1 heterocycles. The highest BCUT2D eigenvalue weighted by Crippen LogP contribution is 1.96. The predicted molar refractivity (Wildman–Crippen MR) is 51.1 cm³/mol. The Hall–Kier alpha value is -1.62. The largest absolute Gasteiger partial charge is 0.360 e. The van der Waals surface area contributed by atoms with Crippen LogP contribution in [0.2, 0.25) is 0 Å². The van der Waals surface area contributed by atoms with Gasteiger partial charge in [-0.2, -0.15) is 0 Å². The molecule has 0 radical (unpaired) electrons. The highest BCUT2D eigenvalue weighted by molar-refractivity contribution is 5.81. The molecule has 0 aliphatic heterocycles. The molecule has 0 aliphatic rings. The van der Waals surface area contributed by atoms with Crippen molar-refractivity contribution in [3.8, 4) is 0 Å². The number of hydrogen-bond acceptors (Lipinski definition) is 4. The molecule has 1 atom stereocenters. The van der Waals surface area contributed by atoms with Gasteiger partial charge in [0.15, 0.2) is 5.76 Å². The summed E-state index contributed by atoms with van der Waals surface area (Å²) in [6.45, 7) is 3.81. The molecule has 0 saturated heterocycles. The summed E-state index contributed by atoms with van der Waals surface area (Å²) in [5, 5.41) is 6.13. The van der Waals surface area contributed by atoms with Gasteiger partial charge in [-0.1, -0.05) is 11.2 Å². The van der Waals surface area contributed by atoms with Crippen LogP contribution >= 0.6 is 0 Å². The van der Waals surface area contributed by atoms with E-state index in [0.717, 1.165) is 0 Å². The molecule has 3 N–H and O–H groups in total. The van der Waals surface area contributed by atoms with Crippen LogP contribution in [0.1, 0.15) is 12.2 Å². The Bertz CT molecular complexity index is 295. The zero-order valence-corrected chi connectivity index (χ0v) is 7.77. The maximum atomic E-state index is 11.3. The highest BCUT2D eigenvalue weighted by Gasteiger charge is 2.11. The molecule has 1 aromatic heterocycles. The Morgan fingerprint density at radius 1 is 1.86 bits per heavy atom. The lowest BCUT2D eigenvalue weighted by Crippen LogP contribution is -2.39. The summed E-state index contributed by atoms with van der Waals surface area (Å²) in [4.78, 5) is 11.3. The number of hydrogen-bond donors (Lipinski definition) is 2. The first kappa shape index (κ1) is 10.5. The van der Waals surface area contributed by atoms with E-state index in [2.05, 4.69) is 17.1 Å². The number of carbonyl (C=O) groups excluding carboxylic acids is 1. The molecule has 1 amide bonds. The van der Waals surface area contributed by atoms with Crippen molar-refractivity contribution in [2.24, 2.45) is 5.73 Å². The smallest absolute Gasteiger partial charge is 0.237 e. The third kappa shape index (κ3) is 3.02. The molecule has 0 aromatic carbocycles. The van der Waals surface area contributed by atoms with Crippen LogP contribution < -0.4 is 11.1 Å². The van der Waals surface area contributed by atoms with E-state index >= 15 is 0 Å². The maximum Gasteiger partial charge on any atom is 0.237 e. The average Bonchev–Trinajstić information content (AvgIpc) is 2.67. The van der Waals surface area contributed by atoms with Crippen LogP contribution in [0.5, 0.6) is 0 Å². The van der Waals surface area contributed by atoms with Crippen molar-refractivity contribution in [2.45, 2.75) is 19.0 Å². The molecule has 0 spiro atoms. The molecular formula is C9H13N3O2. The van der Waals surface area contributed by atoms with Gasteiger partial charge in [0, 0.05) is 6.07 Å². The number of rotatable bonds is 5. The van der Waals surface area contributed by atoms with Gasteiger partial charge in [-0.05, 0) is 6.42 Å². The normalized spacial score (nSPS) is 12.1. The van der Waals surface area contributed by atoms with Crippen LogP contribution in [-0.2, 0) is 11.3 Å². The Kier molecular flexibility index (Phi) is 3.87. The van der Waals surface area contributed by atoms with E-state index in [1.807, 2.05) is 0 Å². The number of nitrogens with two attached hydrogens (primary N) is 1. The number of nitrogens with zero attached hydrogens (tertiary/aromatic N) is 1. The molecule has 14 heavy (non-hydrogen) atoms. The molecule has 5 nitrogen and oxygen atoms in total. The Morgan fingerprint density at radius 3 is 3.21 bits per heavy atom. The lowest BCUT2D eigenvalue weighted by atomic mass is 10.2. The van der Waals surface area contributed by atoms with Crippen LogP contribution in [0.25, 0.3) is 0 Å². The summed E-state index contributed by atoms with van der Waals surface area (Å²) < 4.78 is 4.80. The zero-order chi connectivity index (χ0) is 10.4. The number of amides is 1. The molecule has 5 heteroatoms. The summed E-state index contributed by atoms with van der Waals surface area (Å²) >= 11 is 0. The third-order valence-corrected chi connectivity index (χ3v) is 1.69. The summed E-state index contributed by atoms with van der Waals surface area (Å²) in [5.74, 6) is 0.380. The van der Waals surface area contributed by atoms with Gasteiger partial charge in [-0.25, -0.2) is 0 Å². The molecule has 0 bridgehead atoms. The van der Waals surface area contributed by atoms with Gasteiger partial charge in [-0.15, -0.1) is 6.58 Å². The van der Waals surface area contributed by atoms with E-state index in [9.17, 15) is 4.79 Å². The fourth-order valence-corrected chi connectivity index (χ4v) is 0.925. The van der Waals surface area contributed by atoms with Crippen molar-refractivity contribution in [3.63, 3.8) is 0 Å². The summed E-state index contributed by atoms with van der Waals surface area (Å²) in [7, 11) is 0. The topological polar surface area (TPSA) is 81.2 Å². The van der Waals surface area contributed by atoms with E-state index in [1.165, 1.54) is 6.20 Å². The minimum atomic E-state index is -0.546. The van der Waals surface area contributed by atoms with Crippen molar-refractivity contribution >= 4 is 5.91 Å². The van der Waals surface area contributed by atoms with E-state index in [4.69, 9.17) is 10.3 Å². The average molecular weight is 195 g/mol. The lowest BCUT2D eigenvalue weighted by molar-refractivity contribution is -0.122. The van der Waals surface area contributed by atoms with Crippen LogP contribution in [0.3, 0.4) is 0 Å². The van der Waals surface area contributed by atoms with Crippen molar-refractivity contribution < 1.29 is 9.32 Å². The first-order valence-corrected chi connectivity index (χ1v) is 4.27. The number of nitrogens with one attached hydrogen (secondary N) is 1. The number of aromatic nitrogens is 1. The fraction of sp³-hybridized carbons (Fsp3) is 0.333. The quantitative estimate of drug-likeness (QED) is 0.657. The van der Waals surface area contributed by atoms with Gasteiger partial charge in [0.2, 0.25) is 5.91 Å². The van der Waals surface area contributed by atoms with Crippen LogP contribution in [0.15, 0.2) is 29.4 Å². The molecule has 0 fully saturated rings. The zero-order valence-electron chi connectivity index (χ0n) is 7.77. The van der Waals surface area contributed by atoms with Gasteiger partial charge in [0.25, 0.3) is 0 Å². The van der Waals surface area contributed by atoms with Gasteiger partial charge in [0.05, 0.1) is 18.8 Å². The van der Waals surface area contributed by atoms with Gasteiger partial charge >= 0.3 is 0 Å². The second-order valence-electron chi connectivity index (χ2n) is 2.83. The fourth-order valence-electron chi connectivity index (χ4n) is 0.925. The van der Waals surface area contributed by atoms with Crippen molar-refractivity contribution in [2.75, 3.05) is 0 Å². The third-order valence-electron chi connectivity index (χ3n) is 1.69. The standard InChI is InChI=1S/C9H13N3O2/c1-2-3-8(10)9(13)11-6-7-4-5-12-14-7/h2,4-5,8H,1,3,6,10H2,(H,11,13). The lowest BCUT2D eigenvalue weighted by Gasteiger charge is -2.08. The van der Waals surface area contributed by atoms with Crippen LogP contribution in [-0.4, -0.2) is 17.1 Å². The van der Waals surface area contributed by atoms with Crippen LogP contribution in [0.4, 0.5) is 0 Å². The molecule has 1 rings (SSSR count). The highest BCUT2D eigenvalue weighted by atomic mass is 16.5. The Morgan fingerprint density at radius 2 is 2.64 bits per heavy atom. The van der Waals surface area contributed by atoms with Crippen molar-refractivity contribution in [1.82, 2.24) is 10.5 Å². The molecular weight excluding hydrogens is 182 g/mol. The summed E-state index contributed by atoms with van der Waals surface area (Å²) in [5.41, 5.74) is 5.54. The van der Waals surface area contributed by atoms with Crippen molar-refractivity contribution in [3.05, 3.63) is 30.7 Å². The second kappa shape index (κ2) is 5.18.